The molecular weight excluding hydrogens is 104 g/mol. The molecule has 0 saturated carbocycles. The van der Waals surface area contributed by atoms with E-state index in [1.807, 2.05) is 0 Å². The lowest BCUT2D eigenvalue weighted by atomic mass is 11.5. The number of aromatic nitrogens is 2. The van der Waals surface area contributed by atoms with Crippen molar-refractivity contribution in [2.45, 2.75) is 0 Å². The van der Waals surface area contributed by atoms with Crippen molar-refractivity contribution in [3.63, 3.8) is 0 Å². The number of hydrogen-bond donors (Lipinski definition) is 0. The third-order valence-electron chi connectivity index (χ3n) is 0.264. The Bertz CT molecular complexity index is 149. The summed E-state index contributed by atoms with van der Waals surface area (Å²) in [4.78, 5) is 9.74. The largest absolute Gasteiger partial charge is 0.471 e. The van der Waals surface area contributed by atoms with E-state index < -0.39 is 5.76 Å². The normalized spacial score (nSPS) is 8.67. The monoisotopic (exact) mass is 104 g/mol. The molecule has 0 spiro atoms. The van der Waals surface area contributed by atoms with Crippen molar-refractivity contribution >= 4 is 11.8 Å². The van der Waals surface area contributed by atoms with Gasteiger partial charge in [0.2, 0.25) is 0 Å². The second kappa shape index (κ2) is 1.17. The van der Waals surface area contributed by atoms with Crippen LogP contribution in [0.4, 0.5) is 0 Å². The molecule has 4 nitrogen and oxygen atoms in total. The summed E-state index contributed by atoms with van der Waals surface area (Å²) in [5.74, 6) is -0.625. The van der Waals surface area contributed by atoms with E-state index in [-0.39, 0.29) is 0 Å². The zero-order valence-electron chi connectivity index (χ0n) is 2.62. The molecule has 1 aromatic rings. The van der Waals surface area contributed by atoms with Crippen LogP contribution in [0.5, 0.6) is 0 Å². The van der Waals surface area contributed by atoms with Crippen LogP contribution in [0.15, 0.2) is 8.64 Å². The van der Waals surface area contributed by atoms with Gasteiger partial charge in [0.25, 0.3) is 0 Å². The van der Waals surface area contributed by atoms with E-state index in [0.717, 1.165) is 0 Å². The van der Waals surface area contributed by atoms with Gasteiger partial charge in [-0.15, -0.1) is 0 Å². The molecule has 1 aromatic heterocycles. The van der Waals surface area contributed by atoms with Gasteiger partial charge in [-0.3, -0.25) is 0 Å². The Hall–Kier alpha value is -0.710. The molecule has 0 unspecified atom stereocenters. The maximum atomic E-state index is 9.74. The van der Waals surface area contributed by atoms with Crippen molar-refractivity contribution in [1.82, 2.24) is 9.59 Å². The molecule has 1 rings (SSSR count). The molecule has 0 aliphatic heterocycles. The van der Waals surface area contributed by atoms with Crippen LogP contribution in [-0.2, 0) is 0 Å². The first-order valence-corrected chi connectivity index (χ1v) is 1.88. The molecule has 0 N–H and O–H groups in total. The molecule has 0 aliphatic rings. The average Bonchev–Trinajstić information content (AvgIpc) is 1.86. The van der Waals surface area contributed by atoms with Gasteiger partial charge in [-0.25, -0.2) is 4.79 Å². The van der Waals surface area contributed by atoms with Crippen molar-refractivity contribution in [3.8, 4) is 0 Å². The number of nitrogens with zero attached hydrogens (tertiary/aromatic N) is 2. The van der Waals surface area contributed by atoms with Gasteiger partial charge in [-0.05, 0) is 4.49 Å². The highest BCUT2D eigenvalue weighted by Gasteiger charge is 1.80. The Labute approximate surface area is 36.8 Å². The highest BCUT2D eigenvalue weighted by molar-refractivity contribution is 6.95. The second-order valence-electron chi connectivity index (χ2n) is 0.605. The van der Waals surface area contributed by atoms with Crippen molar-refractivity contribution in [3.05, 3.63) is 10.6 Å². The summed E-state index contributed by atoms with van der Waals surface area (Å²) in [5, 5.41) is 2.96. The summed E-state index contributed by atoms with van der Waals surface area (Å²) in [6, 6.07) is 0. The molecule has 0 bridgehead atoms. The van der Waals surface area contributed by atoms with Crippen molar-refractivity contribution in [1.29, 1.82) is 0 Å². The fraction of sp³-hybridized carbons (Fsp3) is 0. The molecule has 0 saturated heterocycles. The van der Waals surface area contributed by atoms with Gasteiger partial charge in [-0.1, -0.05) is 5.10 Å². The smallest absolute Gasteiger partial charge is 0.326 e. The maximum absolute atomic E-state index is 9.74. The van der Waals surface area contributed by atoms with Gasteiger partial charge in [0.15, 0.2) is 11.8 Å². The summed E-state index contributed by atoms with van der Waals surface area (Å²) in [6.45, 7) is 0. The van der Waals surface area contributed by atoms with E-state index in [4.69, 9.17) is 0 Å². The molecule has 0 radical (unpaired) electrons. The van der Waals surface area contributed by atoms with Crippen LogP contribution in [0.1, 0.15) is 0 Å². The van der Waals surface area contributed by atoms with Crippen molar-refractivity contribution < 1.29 is 3.85 Å². The van der Waals surface area contributed by atoms with Gasteiger partial charge in [0.1, 0.15) is 0 Å². The van der Waals surface area contributed by atoms with E-state index in [9.17, 15) is 4.79 Å². The third kappa shape index (κ3) is 0.436. The Balaban J connectivity index is 3.41. The van der Waals surface area contributed by atoms with Gasteiger partial charge in [-0.2, -0.15) is 0 Å². The lowest BCUT2D eigenvalue weighted by molar-refractivity contribution is 0.615. The molecule has 6 heavy (non-hydrogen) atoms. The fourth-order valence-corrected chi connectivity index (χ4v) is 0.346. The summed E-state index contributed by atoms with van der Waals surface area (Å²) < 4.78 is 7.23. The van der Waals surface area contributed by atoms with E-state index >= 15 is 0 Å². The molecule has 32 valence electrons. The first-order chi connectivity index (χ1) is 2.89. The van der Waals surface area contributed by atoms with E-state index in [0.29, 0.717) is 11.8 Å². The molecule has 0 amide bonds. The zero-order chi connectivity index (χ0) is 4.41. The minimum atomic E-state index is -0.625. The quantitative estimate of drug-likeness (QED) is 0.445. The molecule has 1 heterocycles. The first kappa shape index (κ1) is 3.48. The Morgan fingerprint density at radius 3 is 2.83 bits per heavy atom. The van der Waals surface area contributed by atoms with E-state index in [1.165, 1.54) is 0 Å². The van der Waals surface area contributed by atoms with Crippen LogP contribution in [0.3, 0.4) is 0 Å². The maximum Gasteiger partial charge on any atom is 0.471 e. The second-order valence-corrected chi connectivity index (χ2v) is 1.08. The van der Waals surface area contributed by atoms with Crippen LogP contribution in [0.2, 0.25) is 0 Å². The van der Waals surface area contributed by atoms with Crippen molar-refractivity contribution in [2.24, 2.45) is 0 Å². The Morgan fingerprint density at radius 1 is 1.83 bits per heavy atom. The average molecular weight is 104 g/mol. The highest BCUT2D eigenvalue weighted by atomic mass is 32.1. The summed E-state index contributed by atoms with van der Waals surface area (Å²) in [6.07, 6.45) is 0. The minimum absolute atomic E-state index is 0.625. The lowest BCUT2D eigenvalue weighted by Crippen LogP contribution is -1.93. The van der Waals surface area contributed by atoms with E-state index in [2.05, 4.69) is 13.4 Å². The Kier molecular flexibility index (Phi) is 0.681. The third-order valence-corrected chi connectivity index (χ3v) is 0.630. The minimum Gasteiger partial charge on any atom is -0.326 e. The highest BCUT2D eigenvalue weighted by Crippen LogP contribution is 1.70. The van der Waals surface area contributed by atoms with Gasteiger partial charge in [0.05, 0.1) is 0 Å². The lowest BCUT2D eigenvalue weighted by Gasteiger charge is -1.42. The molecule has 0 aromatic carbocycles. The van der Waals surface area contributed by atoms with Gasteiger partial charge >= 0.3 is 5.76 Å². The summed E-state index contributed by atoms with van der Waals surface area (Å²) >= 11 is 0.691. The predicted octanol–water partition coefficient (Wildman–Crippen LogP) is -0.509. The summed E-state index contributed by atoms with van der Waals surface area (Å²) in [5.41, 5.74) is 0. The fourth-order valence-electron chi connectivity index (χ4n) is 0.115. The van der Waals surface area contributed by atoms with Gasteiger partial charge in [0, 0.05) is 0 Å². The van der Waals surface area contributed by atoms with Crippen LogP contribution in [0.25, 0.3) is 0 Å². The predicted molar refractivity (Wildman–Crippen MR) is 18.4 cm³/mol. The summed E-state index contributed by atoms with van der Waals surface area (Å²) in [7, 11) is 0. The van der Waals surface area contributed by atoms with Gasteiger partial charge < -0.3 is 3.85 Å². The molecule has 0 aliphatic carbocycles. The topological polar surface area (TPSA) is 56.0 Å². The van der Waals surface area contributed by atoms with Crippen LogP contribution in [0, 0.1) is 0 Å². The van der Waals surface area contributed by atoms with Crippen LogP contribution in [-0.4, -0.2) is 9.59 Å². The van der Waals surface area contributed by atoms with Crippen LogP contribution >= 0.6 is 11.8 Å². The first-order valence-electron chi connectivity index (χ1n) is 1.18. The SMILES string of the molecule is O=c1nnso1. The van der Waals surface area contributed by atoms with Crippen molar-refractivity contribution in [2.75, 3.05) is 0 Å². The number of hydrogen-bond acceptors (Lipinski definition) is 5. The number of rotatable bonds is 0. The molecule has 0 fully saturated rings. The molecular formula is CN2O2S. The van der Waals surface area contributed by atoms with Crippen LogP contribution < -0.4 is 5.76 Å². The zero-order valence-corrected chi connectivity index (χ0v) is 3.44. The Morgan fingerprint density at radius 2 is 2.67 bits per heavy atom. The molecule has 5 heteroatoms. The molecule has 0 atom stereocenters. The van der Waals surface area contributed by atoms with E-state index in [1.54, 1.807) is 0 Å². The standard InChI is InChI=1S/CN2O2S/c4-1-2-3-6-5-1.